The molecule has 0 aliphatic carbocycles. The summed E-state index contributed by atoms with van der Waals surface area (Å²) in [6, 6.07) is 9.70. The molecule has 0 amide bonds. The van der Waals surface area contributed by atoms with E-state index in [1.165, 1.54) is 18.3 Å². The van der Waals surface area contributed by atoms with E-state index in [4.69, 9.17) is 5.26 Å². The van der Waals surface area contributed by atoms with Crippen LogP contribution in [0.2, 0.25) is 0 Å². The molecule has 0 unspecified atom stereocenters. The van der Waals surface area contributed by atoms with E-state index in [1.807, 2.05) is 6.07 Å². The van der Waals surface area contributed by atoms with Crippen LogP contribution in [0.1, 0.15) is 11.1 Å². The van der Waals surface area contributed by atoms with Crippen LogP contribution in [0.5, 0.6) is 0 Å². The number of hydrogen-bond acceptors (Lipinski definition) is 2. The standard InChI is InChI=1S/C13H7F3N2/c14-13(15,16)11-5-3-9(4-6-11)12-10(8-17)2-1-7-18-12/h1-7H. The molecule has 18 heavy (non-hydrogen) atoms. The molecule has 0 aliphatic heterocycles. The van der Waals surface area contributed by atoms with Crippen LogP contribution in [-0.2, 0) is 6.18 Å². The van der Waals surface area contributed by atoms with Gasteiger partial charge in [0.15, 0.2) is 0 Å². The van der Waals surface area contributed by atoms with E-state index in [9.17, 15) is 13.2 Å². The summed E-state index contributed by atoms with van der Waals surface area (Å²) in [5.74, 6) is 0. The number of benzene rings is 1. The minimum absolute atomic E-state index is 0.331. The molecule has 2 nitrogen and oxygen atoms in total. The van der Waals surface area contributed by atoms with Crippen molar-refractivity contribution >= 4 is 0 Å². The summed E-state index contributed by atoms with van der Waals surface area (Å²) in [4.78, 5) is 4.01. The van der Waals surface area contributed by atoms with Gasteiger partial charge in [0.1, 0.15) is 6.07 Å². The maximum Gasteiger partial charge on any atom is 0.416 e. The largest absolute Gasteiger partial charge is 0.416 e. The lowest BCUT2D eigenvalue weighted by Gasteiger charge is -2.07. The van der Waals surface area contributed by atoms with Crippen molar-refractivity contribution < 1.29 is 13.2 Å². The molecule has 90 valence electrons. The molecule has 5 heteroatoms. The zero-order chi connectivity index (χ0) is 13.2. The normalized spacial score (nSPS) is 11.0. The molecule has 0 spiro atoms. The second-order valence-corrected chi connectivity index (χ2v) is 3.59. The van der Waals surface area contributed by atoms with Crippen molar-refractivity contribution in [2.75, 3.05) is 0 Å². The fourth-order valence-electron chi connectivity index (χ4n) is 1.54. The Morgan fingerprint density at radius 3 is 2.28 bits per heavy atom. The SMILES string of the molecule is N#Cc1cccnc1-c1ccc(C(F)(F)F)cc1. The zero-order valence-electron chi connectivity index (χ0n) is 9.07. The summed E-state index contributed by atoms with van der Waals surface area (Å²) in [6.07, 6.45) is -2.87. The van der Waals surface area contributed by atoms with Gasteiger partial charge in [-0.2, -0.15) is 18.4 Å². The number of halogens is 3. The average molecular weight is 248 g/mol. The van der Waals surface area contributed by atoms with Gasteiger partial charge in [-0.15, -0.1) is 0 Å². The number of hydrogen-bond donors (Lipinski definition) is 0. The van der Waals surface area contributed by atoms with E-state index in [-0.39, 0.29) is 0 Å². The molecule has 2 aromatic rings. The molecule has 0 saturated carbocycles. The van der Waals surface area contributed by atoms with E-state index in [2.05, 4.69) is 4.98 Å². The minimum Gasteiger partial charge on any atom is -0.255 e. The molecule has 1 aromatic heterocycles. The Morgan fingerprint density at radius 1 is 1.06 bits per heavy atom. The summed E-state index contributed by atoms with van der Waals surface area (Å²) in [5, 5.41) is 8.89. The van der Waals surface area contributed by atoms with Gasteiger partial charge in [-0.1, -0.05) is 12.1 Å². The number of pyridine rings is 1. The Balaban J connectivity index is 2.45. The number of nitriles is 1. The molecule has 0 saturated heterocycles. The molecule has 1 heterocycles. The van der Waals surface area contributed by atoms with E-state index in [0.29, 0.717) is 16.8 Å². The average Bonchev–Trinajstić information content (AvgIpc) is 2.38. The number of nitrogens with zero attached hydrogens (tertiary/aromatic N) is 2. The monoisotopic (exact) mass is 248 g/mol. The number of rotatable bonds is 1. The third-order valence-electron chi connectivity index (χ3n) is 2.41. The zero-order valence-corrected chi connectivity index (χ0v) is 9.07. The van der Waals surface area contributed by atoms with Crippen LogP contribution in [0.4, 0.5) is 13.2 Å². The highest BCUT2D eigenvalue weighted by Crippen LogP contribution is 2.31. The van der Waals surface area contributed by atoms with Gasteiger partial charge in [0.2, 0.25) is 0 Å². The summed E-state index contributed by atoms with van der Waals surface area (Å²) < 4.78 is 37.2. The fraction of sp³-hybridized carbons (Fsp3) is 0.0769. The van der Waals surface area contributed by atoms with E-state index < -0.39 is 11.7 Å². The van der Waals surface area contributed by atoms with Gasteiger partial charge in [0.25, 0.3) is 0 Å². The summed E-state index contributed by atoms with van der Waals surface area (Å²) in [7, 11) is 0. The maximum absolute atomic E-state index is 12.4. The third kappa shape index (κ3) is 2.33. The van der Waals surface area contributed by atoms with Crippen molar-refractivity contribution in [2.24, 2.45) is 0 Å². The van der Waals surface area contributed by atoms with Crippen molar-refractivity contribution in [1.29, 1.82) is 5.26 Å². The van der Waals surface area contributed by atoms with Crippen LogP contribution < -0.4 is 0 Å². The molecular weight excluding hydrogens is 241 g/mol. The molecule has 1 aromatic carbocycles. The van der Waals surface area contributed by atoms with Crippen LogP contribution >= 0.6 is 0 Å². The number of aromatic nitrogens is 1. The Labute approximate surface area is 101 Å². The quantitative estimate of drug-likeness (QED) is 0.772. The van der Waals surface area contributed by atoms with Crippen LogP contribution in [0.25, 0.3) is 11.3 Å². The topological polar surface area (TPSA) is 36.7 Å². The van der Waals surface area contributed by atoms with Gasteiger partial charge in [-0.05, 0) is 24.3 Å². The second-order valence-electron chi connectivity index (χ2n) is 3.59. The van der Waals surface area contributed by atoms with Gasteiger partial charge < -0.3 is 0 Å². The van der Waals surface area contributed by atoms with Crippen molar-refractivity contribution in [3.8, 4) is 17.3 Å². The Hall–Kier alpha value is -2.35. The number of alkyl halides is 3. The van der Waals surface area contributed by atoms with Crippen LogP contribution in [0, 0.1) is 11.3 Å². The summed E-state index contributed by atoms with van der Waals surface area (Å²) >= 11 is 0. The first kappa shape index (κ1) is 12.1. The maximum atomic E-state index is 12.4. The van der Waals surface area contributed by atoms with E-state index >= 15 is 0 Å². The first-order valence-electron chi connectivity index (χ1n) is 5.05. The highest BCUT2D eigenvalue weighted by Gasteiger charge is 2.30. The molecule has 0 bridgehead atoms. The van der Waals surface area contributed by atoms with Crippen LogP contribution in [0.3, 0.4) is 0 Å². The fourth-order valence-corrected chi connectivity index (χ4v) is 1.54. The lowest BCUT2D eigenvalue weighted by atomic mass is 10.0. The van der Waals surface area contributed by atoms with Crippen LogP contribution in [0.15, 0.2) is 42.6 Å². The third-order valence-corrected chi connectivity index (χ3v) is 2.41. The van der Waals surface area contributed by atoms with Crippen molar-refractivity contribution in [3.63, 3.8) is 0 Å². The Kier molecular flexibility index (Phi) is 3.02. The Morgan fingerprint density at radius 2 is 1.72 bits per heavy atom. The van der Waals surface area contributed by atoms with Gasteiger partial charge in [-0.25, -0.2) is 0 Å². The van der Waals surface area contributed by atoms with Gasteiger partial charge in [0, 0.05) is 11.8 Å². The molecule has 2 rings (SSSR count). The van der Waals surface area contributed by atoms with Gasteiger partial charge >= 0.3 is 6.18 Å². The van der Waals surface area contributed by atoms with Crippen molar-refractivity contribution in [2.45, 2.75) is 6.18 Å². The lowest BCUT2D eigenvalue weighted by molar-refractivity contribution is -0.137. The van der Waals surface area contributed by atoms with Crippen LogP contribution in [-0.4, -0.2) is 4.98 Å². The van der Waals surface area contributed by atoms with Crippen molar-refractivity contribution in [3.05, 3.63) is 53.7 Å². The molecular formula is C13H7F3N2. The molecule has 0 fully saturated rings. The van der Waals surface area contributed by atoms with E-state index in [1.54, 1.807) is 12.1 Å². The predicted molar refractivity (Wildman–Crippen MR) is 59.4 cm³/mol. The van der Waals surface area contributed by atoms with Gasteiger partial charge in [0.05, 0.1) is 16.8 Å². The lowest BCUT2D eigenvalue weighted by Crippen LogP contribution is -2.04. The molecule has 0 N–H and O–H groups in total. The van der Waals surface area contributed by atoms with Crippen molar-refractivity contribution in [1.82, 2.24) is 4.98 Å². The first-order valence-corrected chi connectivity index (χ1v) is 5.05. The second kappa shape index (κ2) is 4.49. The smallest absolute Gasteiger partial charge is 0.255 e. The minimum atomic E-state index is -4.36. The molecule has 0 atom stereocenters. The first-order chi connectivity index (χ1) is 8.52. The summed E-state index contributed by atoms with van der Waals surface area (Å²) in [6.45, 7) is 0. The molecule has 0 radical (unpaired) electrons. The highest BCUT2D eigenvalue weighted by molar-refractivity contribution is 5.66. The highest BCUT2D eigenvalue weighted by atomic mass is 19.4. The predicted octanol–water partition coefficient (Wildman–Crippen LogP) is 3.64. The van der Waals surface area contributed by atoms with Gasteiger partial charge in [-0.3, -0.25) is 4.98 Å². The van der Waals surface area contributed by atoms with E-state index in [0.717, 1.165) is 12.1 Å². The summed E-state index contributed by atoms with van der Waals surface area (Å²) in [5.41, 5.74) is 0.479. The Bertz CT molecular complexity index is 595. The molecule has 0 aliphatic rings.